The van der Waals surface area contributed by atoms with Crippen LogP contribution in [0.1, 0.15) is 78.1 Å². The van der Waals surface area contributed by atoms with E-state index in [9.17, 15) is 4.79 Å². The molecule has 0 aromatic heterocycles. The van der Waals surface area contributed by atoms with Crippen LogP contribution in [0, 0.1) is 40.4 Å². The molecule has 0 spiro atoms. The van der Waals surface area contributed by atoms with Crippen LogP contribution in [0.25, 0.3) is 0 Å². The van der Waals surface area contributed by atoms with Crippen LogP contribution >= 0.6 is 0 Å². The van der Waals surface area contributed by atoms with Gasteiger partial charge in [0.25, 0.3) is 0 Å². The number of hydrogen-bond donors (Lipinski definition) is 0. The number of carbonyl (C=O) groups is 1. The van der Waals surface area contributed by atoms with E-state index in [0.29, 0.717) is 23.4 Å². The zero-order chi connectivity index (χ0) is 17.2. The fourth-order valence-corrected chi connectivity index (χ4v) is 8.49. The van der Waals surface area contributed by atoms with Crippen LogP contribution < -0.4 is 0 Å². The van der Waals surface area contributed by atoms with Gasteiger partial charge in [0.2, 0.25) is 0 Å². The van der Waals surface area contributed by atoms with Crippen molar-refractivity contribution in [3.8, 4) is 0 Å². The van der Waals surface area contributed by atoms with Gasteiger partial charge in [0.1, 0.15) is 6.61 Å². The fourth-order valence-electron chi connectivity index (χ4n) is 8.49. The average molecular weight is 361 g/mol. The third-order valence-corrected chi connectivity index (χ3v) is 9.72. The Kier molecular flexibility index (Phi) is 4.53. The number of cyclic esters (lactones) is 1. The van der Waals surface area contributed by atoms with Gasteiger partial charge < -0.3 is 10.2 Å². The van der Waals surface area contributed by atoms with Gasteiger partial charge >= 0.3 is 5.97 Å². The van der Waals surface area contributed by atoms with Crippen LogP contribution in [-0.2, 0) is 9.53 Å². The van der Waals surface area contributed by atoms with Crippen molar-refractivity contribution < 1.29 is 15.0 Å². The largest absolute Gasteiger partial charge is 0.458 e. The minimum absolute atomic E-state index is 0. The highest BCUT2D eigenvalue weighted by Gasteiger charge is 2.60. The number of esters is 1. The average Bonchev–Trinajstić information content (AvgIpc) is 3.16. The van der Waals surface area contributed by atoms with Gasteiger partial charge in [-0.25, -0.2) is 4.79 Å². The maximum absolute atomic E-state index is 11.6. The van der Waals surface area contributed by atoms with Crippen LogP contribution in [0.2, 0.25) is 0 Å². The van der Waals surface area contributed by atoms with Crippen molar-refractivity contribution in [2.45, 2.75) is 78.1 Å². The lowest BCUT2D eigenvalue weighted by atomic mass is 9.44. The van der Waals surface area contributed by atoms with E-state index in [-0.39, 0.29) is 11.4 Å². The summed E-state index contributed by atoms with van der Waals surface area (Å²) >= 11 is 0. The number of carbonyl (C=O) groups excluding carboxylic acids is 1. The first-order chi connectivity index (χ1) is 12.0. The van der Waals surface area contributed by atoms with Crippen LogP contribution in [0.4, 0.5) is 0 Å². The van der Waals surface area contributed by atoms with Crippen LogP contribution in [-0.4, -0.2) is 18.1 Å². The molecule has 146 valence electrons. The Bertz CT molecular complexity index is 611. The van der Waals surface area contributed by atoms with E-state index < -0.39 is 0 Å². The summed E-state index contributed by atoms with van der Waals surface area (Å²) in [5.41, 5.74) is 2.36. The van der Waals surface area contributed by atoms with Crippen LogP contribution in [0.15, 0.2) is 11.6 Å². The molecule has 0 bridgehead atoms. The summed E-state index contributed by atoms with van der Waals surface area (Å²) in [6, 6.07) is 0. The highest BCUT2D eigenvalue weighted by molar-refractivity contribution is 5.85. The zero-order valence-electron chi connectivity index (χ0n) is 16.6. The first-order valence-corrected chi connectivity index (χ1v) is 10.9. The van der Waals surface area contributed by atoms with Crippen molar-refractivity contribution in [3.05, 3.63) is 11.6 Å². The van der Waals surface area contributed by atoms with Crippen LogP contribution in [0.3, 0.4) is 0 Å². The lowest BCUT2D eigenvalue weighted by Gasteiger charge is -2.60. The Morgan fingerprint density at radius 3 is 2.50 bits per heavy atom. The Balaban J connectivity index is 0.00000168. The van der Waals surface area contributed by atoms with Crippen molar-refractivity contribution in [2.75, 3.05) is 6.61 Å². The normalized spacial score (nSPS) is 50.0. The number of hydrogen-bond acceptors (Lipinski definition) is 2. The summed E-state index contributed by atoms with van der Waals surface area (Å²) in [6.07, 6.45) is 16.2. The van der Waals surface area contributed by atoms with Gasteiger partial charge in [0.15, 0.2) is 0 Å². The van der Waals surface area contributed by atoms with E-state index in [1.54, 1.807) is 0 Å². The Labute approximate surface area is 158 Å². The van der Waals surface area contributed by atoms with Crippen molar-refractivity contribution in [3.63, 3.8) is 0 Å². The first-order valence-electron chi connectivity index (χ1n) is 10.9. The summed E-state index contributed by atoms with van der Waals surface area (Å²) in [6.45, 7) is 5.79. The molecule has 3 heteroatoms. The molecule has 0 aromatic rings. The molecule has 1 unspecified atom stereocenters. The molecule has 1 heterocycles. The van der Waals surface area contributed by atoms with Crippen molar-refractivity contribution >= 4 is 5.97 Å². The van der Waals surface area contributed by atoms with E-state index in [1.165, 1.54) is 69.8 Å². The van der Waals surface area contributed by atoms with E-state index in [4.69, 9.17) is 4.74 Å². The zero-order valence-corrected chi connectivity index (χ0v) is 16.6. The molecular formula is C23H36O3. The molecule has 4 saturated carbocycles. The molecule has 5 rings (SSSR count). The quantitative estimate of drug-likeness (QED) is 0.637. The lowest BCUT2D eigenvalue weighted by Crippen LogP contribution is -2.52. The fraction of sp³-hybridized carbons (Fsp3) is 0.870. The molecule has 0 saturated heterocycles. The summed E-state index contributed by atoms with van der Waals surface area (Å²) in [4.78, 5) is 11.6. The van der Waals surface area contributed by atoms with Gasteiger partial charge in [-0.05, 0) is 97.4 Å². The second kappa shape index (κ2) is 6.36. The van der Waals surface area contributed by atoms with Gasteiger partial charge in [-0.3, -0.25) is 0 Å². The first kappa shape index (κ1) is 18.5. The predicted octanol–water partition coefficient (Wildman–Crippen LogP) is 4.69. The van der Waals surface area contributed by atoms with Crippen molar-refractivity contribution in [1.29, 1.82) is 0 Å². The molecule has 5 aliphatic rings. The molecule has 4 fully saturated rings. The Morgan fingerprint density at radius 2 is 1.73 bits per heavy atom. The highest BCUT2D eigenvalue weighted by Crippen LogP contribution is 2.68. The van der Waals surface area contributed by atoms with Crippen molar-refractivity contribution in [1.82, 2.24) is 0 Å². The third kappa shape index (κ3) is 2.45. The SMILES string of the molecule is C[C@]12CC[C@H]3[C@@H](CCC4CCCC[C@@]43C)[C@H]1CC[C@@H]2C1=CC(=O)OC1.O. The van der Waals surface area contributed by atoms with Crippen molar-refractivity contribution in [2.24, 2.45) is 40.4 Å². The van der Waals surface area contributed by atoms with E-state index in [2.05, 4.69) is 13.8 Å². The smallest absolute Gasteiger partial charge is 0.331 e. The molecule has 4 aliphatic carbocycles. The van der Waals surface area contributed by atoms with E-state index in [0.717, 1.165) is 23.7 Å². The number of fused-ring (bicyclic) bond motifs is 5. The predicted molar refractivity (Wildman–Crippen MR) is 102 cm³/mol. The molecular weight excluding hydrogens is 324 g/mol. The minimum Gasteiger partial charge on any atom is -0.458 e. The lowest BCUT2D eigenvalue weighted by molar-refractivity contribution is -0.135. The van der Waals surface area contributed by atoms with Crippen LogP contribution in [0.5, 0.6) is 0 Å². The molecule has 0 aromatic carbocycles. The van der Waals surface area contributed by atoms with Gasteiger partial charge in [0, 0.05) is 6.08 Å². The second-order valence-corrected chi connectivity index (χ2v) is 10.4. The Morgan fingerprint density at radius 1 is 0.923 bits per heavy atom. The van der Waals surface area contributed by atoms with Gasteiger partial charge in [0.05, 0.1) is 0 Å². The summed E-state index contributed by atoms with van der Waals surface area (Å²) in [7, 11) is 0. The summed E-state index contributed by atoms with van der Waals surface area (Å²) in [5, 5.41) is 0. The summed E-state index contributed by atoms with van der Waals surface area (Å²) in [5.74, 6) is 4.30. The Hall–Kier alpha value is -0.830. The number of rotatable bonds is 1. The molecule has 0 radical (unpaired) electrons. The second-order valence-electron chi connectivity index (χ2n) is 10.4. The van der Waals surface area contributed by atoms with E-state index in [1.807, 2.05) is 6.08 Å². The number of ether oxygens (including phenoxy) is 1. The van der Waals surface area contributed by atoms with E-state index >= 15 is 0 Å². The molecule has 26 heavy (non-hydrogen) atoms. The molecule has 3 nitrogen and oxygen atoms in total. The minimum atomic E-state index is -0.106. The highest BCUT2D eigenvalue weighted by atomic mass is 16.5. The topological polar surface area (TPSA) is 57.8 Å². The van der Waals surface area contributed by atoms with Gasteiger partial charge in [-0.15, -0.1) is 0 Å². The molecule has 7 atom stereocenters. The standard InChI is InChI=1S/C23H34O2.H2O/c1-22-11-4-3-5-16(22)6-7-17-19-9-8-18(15-13-21(24)25-14-15)23(19,2)12-10-20(17)22;/h13,16-20H,3-12,14H2,1-2H3;1H2/t16?,17-,18+,19+,20-,22-,23+;/m0./s1. The molecule has 2 N–H and O–H groups in total. The summed E-state index contributed by atoms with van der Waals surface area (Å²) < 4.78 is 5.26. The van der Waals surface area contributed by atoms with Gasteiger partial charge in [-0.2, -0.15) is 0 Å². The third-order valence-electron chi connectivity index (χ3n) is 9.72. The van der Waals surface area contributed by atoms with Gasteiger partial charge in [-0.1, -0.05) is 26.7 Å². The maximum atomic E-state index is 11.6. The molecule has 0 amide bonds. The molecule has 1 aliphatic heterocycles. The maximum Gasteiger partial charge on any atom is 0.331 e. The monoisotopic (exact) mass is 360 g/mol.